The molecule has 20 heavy (non-hydrogen) atoms. The Labute approximate surface area is 130 Å². The van der Waals surface area contributed by atoms with E-state index in [0.717, 1.165) is 42.0 Å². The van der Waals surface area contributed by atoms with Gasteiger partial charge in [0.15, 0.2) is 0 Å². The Morgan fingerprint density at radius 3 is 2.15 bits per heavy atom. The van der Waals surface area contributed by atoms with Crippen LogP contribution < -0.4 is 10.6 Å². The number of halogens is 1. The molecule has 0 aliphatic carbocycles. The normalized spacial score (nSPS) is 10.8. The van der Waals surface area contributed by atoms with E-state index in [2.05, 4.69) is 39.0 Å². The van der Waals surface area contributed by atoms with Crippen molar-refractivity contribution in [3.05, 3.63) is 28.2 Å². The fourth-order valence-electron chi connectivity index (χ4n) is 1.92. The molecule has 0 heterocycles. The number of hydrogen-bond donors (Lipinski definition) is 1. The van der Waals surface area contributed by atoms with Crippen molar-refractivity contribution >= 4 is 21.6 Å². The van der Waals surface area contributed by atoms with Crippen molar-refractivity contribution in [3.63, 3.8) is 0 Å². The molecule has 1 aromatic carbocycles. The fourth-order valence-corrected chi connectivity index (χ4v) is 2.60. The third-order valence-corrected chi connectivity index (χ3v) is 3.64. The van der Waals surface area contributed by atoms with Crippen LogP contribution in [0.25, 0.3) is 0 Å². The molecule has 0 saturated carbocycles. The highest BCUT2D eigenvalue weighted by Crippen LogP contribution is 2.27. The first-order valence-corrected chi connectivity index (χ1v) is 7.91. The maximum Gasteiger partial charge on any atom is 0.0641 e. The first-order chi connectivity index (χ1) is 9.72. The average Bonchev–Trinajstić information content (AvgIpc) is 2.46. The van der Waals surface area contributed by atoms with Gasteiger partial charge < -0.3 is 20.1 Å². The Morgan fingerprint density at radius 2 is 1.70 bits per heavy atom. The van der Waals surface area contributed by atoms with Gasteiger partial charge >= 0.3 is 0 Å². The van der Waals surface area contributed by atoms with Gasteiger partial charge in [0.25, 0.3) is 0 Å². The molecule has 0 radical (unpaired) electrons. The van der Waals surface area contributed by atoms with E-state index in [1.165, 1.54) is 0 Å². The number of benzene rings is 1. The molecule has 0 bridgehead atoms. The van der Waals surface area contributed by atoms with Gasteiger partial charge in [0.05, 0.1) is 18.9 Å². The van der Waals surface area contributed by atoms with E-state index in [1.807, 2.05) is 13.8 Å². The first kappa shape index (κ1) is 17.4. The van der Waals surface area contributed by atoms with Crippen LogP contribution >= 0.6 is 15.9 Å². The zero-order chi connectivity index (χ0) is 14.8. The molecule has 0 saturated heterocycles. The Balaban J connectivity index is 2.73. The number of ether oxygens (including phenoxy) is 2. The van der Waals surface area contributed by atoms with Gasteiger partial charge in [-0.15, -0.1) is 0 Å². The van der Waals surface area contributed by atoms with E-state index in [9.17, 15) is 0 Å². The van der Waals surface area contributed by atoms with E-state index in [4.69, 9.17) is 15.2 Å². The molecule has 114 valence electrons. The van der Waals surface area contributed by atoms with Crippen molar-refractivity contribution in [1.29, 1.82) is 0 Å². The van der Waals surface area contributed by atoms with Crippen LogP contribution in [0.5, 0.6) is 0 Å². The SMILES string of the molecule is CCOCCN(CCOCC)c1ccc(CN)cc1Br. The van der Waals surface area contributed by atoms with Crippen LogP contribution in [-0.4, -0.2) is 39.5 Å². The molecule has 4 nitrogen and oxygen atoms in total. The molecule has 2 N–H and O–H groups in total. The summed E-state index contributed by atoms with van der Waals surface area (Å²) in [6.07, 6.45) is 0. The van der Waals surface area contributed by atoms with Gasteiger partial charge in [0, 0.05) is 37.3 Å². The minimum absolute atomic E-state index is 0.552. The molecule has 1 aromatic rings. The van der Waals surface area contributed by atoms with Gasteiger partial charge in [-0.05, 0) is 47.5 Å². The highest BCUT2D eigenvalue weighted by Gasteiger charge is 2.10. The van der Waals surface area contributed by atoms with Crippen molar-refractivity contribution in [2.24, 2.45) is 5.73 Å². The lowest BCUT2D eigenvalue weighted by Gasteiger charge is -2.26. The largest absolute Gasteiger partial charge is 0.380 e. The van der Waals surface area contributed by atoms with E-state index in [-0.39, 0.29) is 0 Å². The summed E-state index contributed by atoms with van der Waals surface area (Å²) in [7, 11) is 0. The molecule has 0 aliphatic heterocycles. The molecule has 0 atom stereocenters. The molecule has 0 spiro atoms. The lowest BCUT2D eigenvalue weighted by Crippen LogP contribution is -2.31. The van der Waals surface area contributed by atoms with Crippen molar-refractivity contribution in [2.45, 2.75) is 20.4 Å². The highest BCUT2D eigenvalue weighted by atomic mass is 79.9. The summed E-state index contributed by atoms with van der Waals surface area (Å²) in [5, 5.41) is 0. The van der Waals surface area contributed by atoms with Crippen LogP contribution in [0.15, 0.2) is 22.7 Å². The maximum atomic E-state index is 5.67. The maximum absolute atomic E-state index is 5.67. The quantitative estimate of drug-likeness (QED) is 0.663. The second-order valence-corrected chi connectivity index (χ2v) is 5.23. The fraction of sp³-hybridized carbons (Fsp3) is 0.600. The summed E-state index contributed by atoms with van der Waals surface area (Å²) in [6, 6.07) is 6.24. The summed E-state index contributed by atoms with van der Waals surface area (Å²) in [5.41, 5.74) is 7.94. The molecule has 0 aliphatic rings. The van der Waals surface area contributed by atoms with Crippen LogP contribution in [0.1, 0.15) is 19.4 Å². The minimum atomic E-state index is 0.552. The van der Waals surface area contributed by atoms with Crippen LogP contribution in [0.2, 0.25) is 0 Å². The second kappa shape index (κ2) is 10.2. The Morgan fingerprint density at radius 1 is 1.10 bits per heavy atom. The number of nitrogens with two attached hydrogens (primary N) is 1. The van der Waals surface area contributed by atoms with Gasteiger partial charge in [-0.25, -0.2) is 0 Å². The summed E-state index contributed by atoms with van der Waals surface area (Å²) < 4.78 is 12.0. The number of anilines is 1. The van der Waals surface area contributed by atoms with Gasteiger partial charge in [-0.3, -0.25) is 0 Å². The number of hydrogen-bond acceptors (Lipinski definition) is 4. The third-order valence-electron chi connectivity index (χ3n) is 3.01. The Bertz CT molecular complexity index is 378. The molecular formula is C15H25BrN2O2. The monoisotopic (exact) mass is 344 g/mol. The first-order valence-electron chi connectivity index (χ1n) is 7.11. The third kappa shape index (κ3) is 5.79. The molecular weight excluding hydrogens is 320 g/mol. The van der Waals surface area contributed by atoms with Crippen molar-refractivity contribution in [2.75, 3.05) is 44.4 Å². The second-order valence-electron chi connectivity index (χ2n) is 4.37. The van der Waals surface area contributed by atoms with Gasteiger partial charge in [-0.2, -0.15) is 0 Å². The van der Waals surface area contributed by atoms with Gasteiger partial charge in [0.1, 0.15) is 0 Å². The van der Waals surface area contributed by atoms with E-state index < -0.39 is 0 Å². The number of nitrogens with zero attached hydrogens (tertiary/aromatic N) is 1. The predicted octanol–water partition coefficient (Wildman–Crippen LogP) is 2.79. The van der Waals surface area contributed by atoms with Gasteiger partial charge in [0.2, 0.25) is 0 Å². The van der Waals surface area contributed by atoms with Crippen molar-refractivity contribution in [1.82, 2.24) is 0 Å². The molecule has 1 rings (SSSR count). The standard InChI is InChI=1S/C15H25BrN2O2/c1-3-19-9-7-18(8-10-20-4-2)15-6-5-13(12-17)11-14(15)16/h5-6,11H,3-4,7-10,12,17H2,1-2H3. The summed E-state index contributed by atoms with van der Waals surface area (Å²) in [4.78, 5) is 2.27. The molecule has 0 aromatic heterocycles. The van der Waals surface area contributed by atoms with Crippen LogP contribution in [0.3, 0.4) is 0 Å². The van der Waals surface area contributed by atoms with Crippen LogP contribution in [0, 0.1) is 0 Å². The summed E-state index contributed by atoms with van der Waals surface area (Å²) in [6.45, 7) is 9.19. The molecule has 0 amide bonds. The van der Waals surface area contributed by atoms with Crippen molar-refractivity contribution < 1.29 is 9.47 Å². The topological polar surface area (TPSA) is 47.7 Å². The van der Waals surface area contributed by atoms with E-state index in [0.29, 0.717) is 19.8 Å². The number of rotatable bonds is 10. The average molecular weight is 345 g/mol. The van der Waals surface area contributed by atoms with Crippen molar-refractivity contribution in [3.8, 4) is 0 Å². The smallest absolute Gasteiger partial charge is 0.0641 e. The minimum Gasteiger partial charge on any atom is -0.380 e. The zero-order valence-electron chi connectivity index (χ0n) is 12.4. The summed E-state index contributed by atoms with van der Waals surface area (Å²) >= 11 is 3.63. The lowest BCUT2D eigenvalue weighted by molar-refractivity contribution is 0.141. The van der Waals surface area contributed by atoms with Gasteiger partial charge in [-0.1, -0.05) is 6.07 Å². The lowest BCUT2D eigenvalue weighted by atomic mass is 10.2. The van der Waals surface area contributed by atoms with Crippen LogP contribution in [0.4, 0.5) is 5.69 Å². The molecule has 5 heteroatoms. The summed E-state index contributed by atoms with van der Waals surface area (Å²) in [5.74, 6) is 0. The van der Waals surface area contributed by atoms with E-state index >= 15 is 0 Å². The predicted molar refractivity (Wildman–Crippen MR) is 87.2 cm³/mol. The van der Waals surface area contributed by atoms with Crippen LogP contribution in [-0.2, 0) is 16.0 Å². The molecule has 0 fully saturated rings. The molecule has 0 unspecified atom stereocenters. The zero-order valence-corrected chi connectivity index (χ0v) is 14.0. The highest BCUT2D eigenvalue weighted by molar-refractivity contribution is 9.10. The van der Waals surface area contributed by atoms with E-state index in [1.54, 1.807) is 0 Å². The Kier molecular flexibility index (Phi) is 8.85. The Hall–Kier alpha value is -0.620.